The Morgan fingerprint density at radius 2 is 1.83 bits per heavy atom. The Kier molecular flexibility index (Phi) is 5.20. The van der Waals surface area contributed by atoms with E-state index in [4.69, 9.17) is 0 Å². The normalized spacial score (nSPS) is 19.1. The standard InChI is InChI=1S/C24H32N4O2/c1-6-27-22(29)24(28(23(27)30)15-16(2)3)8-11-26(12-9-24)20-7-10-25-21-18(5)13-17(4)14-19(20)21/h7,10,13-14,16H,6,8-9,11-12,15H2,1-5H3. The maximum Gasteiger partial charge on any atom is 0.327 e. The van der Waals surface area contributed by atoms with Crippen LogP contribution in [0.15, 0.2) is 24.4 Å². The predicted molar refractivity (Wildman–Crippen MR) is 120 cm³/mol. The average Bonchev–Trinajstić information content (AvgIpc) is 2.89. The van der Waals surface area contributed by atoms with Gasteiger partial charge in [-0.2, -0.15) is 0 Å². The lowest BCUT2D eigenvalue weighted by Crippen LogP contribution is -2.57. The monoisotopic (exact) mass is 408 g/mol. The fraction of sp³-hybridized carbons (Fsp3) is 0.542. The van der Waals surface area contributed by atoms with E-state index < -0.39 is 5.54 Å². The zero-order valence-electron chi connectivity index (χ0n) is 18.7. The van der Waals surface area contributed by atoms with E-state index in [-0.39, 0.29) is 11.9 Å². The fourth-order valence-corrected chi connectivity index (χ4v) is 5.16. The van der Waals surface area contributed by atoms with E-state index >= 15 is 0 Å². The van der Waals surface area contributed by atoms with Crippen LogP contribution < -0.4 is 4.90 Å². The van der Waals surface area contributed by atoms with Crippen molar-refractivity contribution in [1.29, 1.82) is 0 Å². The number of benzene rings is 1. The molecule has 0 N–H and O–H groups in total. The van der Waals surface area contributed by atoms with Crippen molar-refractivity contribution < 1.29 is 9.59 Å². The van der Waals surface area contributed by atoms with Gasteiger partial charge in [-0.3, -0.25) is 14.7 Å². The van der Waals surface area contributed by atoms with Crippen LogP contribution in [0.1, 0.15) is 44.7 Å². The van der Waals surface area contributed by atoms with Gasteiger partial charge < -0.3 is 9.80 Å². The molecular weight excluding hydrogens is 376 g/mol. The van der Waals surface area contributed by atoms with Crippen molar-refractivity contribution in [3.63, 3.8) is 0 Å². The minimum atomic E-state index is -0.692. The Morgan fingerprint density at radius 3 is 2.47 bits per heavy atom. The molecule has 2 aliphatic rings. The first kappa shape index (κ1) is 20.6. The zero-order chi connectivity index (χ0) is 21.6. The SMILES string of the molecule is CCN1C(=O)N(CC(C)C)C2(CCN(c3ccnc4c(C)cc(C)cc34)CC2)C1=O. The summed E-state index contributed by atoms with van der Waals surface area (Å²) in [6, 6.07) is 6.31. The largest absolute Gasteiger partial charge is 0.371 e. The lowest BCUT2D eigenvalue weighted by molar-refractivity contribution is -0.134. The number of likely N-dealkylation sites (N-methyl/N-ethyl adjacent to an activating group) is 1. The summed E-state index contributed by atoms with van der Waals surface area (Å²) in [4.78, 5) is 36.5. The molecule has 0 radical (unpaired) electrons. The van der Waals surface area contributed by atoms with E-state index in [9.17, 15) is 9.59 Å². The lowest BCUT2D eigenvalue weighted by Gasteiger charge is -2.43. The highest BCUT2D eigenvalue weighted by atomic mass is 16.2. The average molecular weight is 409 g/mol. The molecule has 1 aromatic heterocycles. The number of fused-ring (bicyclic) bond motifs is 1. The van der Waals surface area contributed by atoms with Gasteiger partial charge in [0.05, 0.1) is 5.52 Å². The van der Waals surface area contributed by atoms with Gasteiger partial charge in [0.2, 0.25) is 0 Å². The van der Waals surface area contributed by atoms with Crippen molar-refractivity contribution in [3.8, 4) is 0 Å². The van der Waals surface area contributed by atoms with Gasteiger partial charge in [0.25, 0.3) is 5.91 Å². The van der Waals surface area contributed by atoms with Crippen LogP contribution in [0.4, 0.5) is 10.5 Å². The third-order valence-electron chi connectivity index (χ3n) is 6.57. The van der Waals surface area contributed by atoms with Crippen LogP contribution in [0.2, 0.25) is 0 Å². The number of carbonyl (C=O) groups excluding carboxylic acids is 2. The first-order valence-corrected chi connectivity index (χ1v) is 11.0. The molecule has 0 atom stereocenters. The maximum atomic E-state index is 13.3. The van der Waals surface area contributed by atoms with Gasteiger partial charge in [-0.1, -0.05) is 25.5 Å². The number of carbonyl (C=O) groups is 2. The Balaban J connectivity index is 1.65. The first-order valence-electron chi connectivity index (χ1n) is 11.0. The number of piperidine rings is 1. The van der Waals surface area contributed by atoms with Crippen LogP contribution in [0.25, 0.3) is 10.9 Å². The summed E-state index contributed by atoms with van der Waals surface area (Å²) >= 11 is 0. The summed E-state index contributed by atoms with van der Waals surface area (Å²) in [7, 11) is 0. The molecule has 0 unspecified atom stereocenters. The molecule has 1 aromatic carbocycles. The quantitative estimate of drug-likeness (QED) is 0.714. The molecule has 4 rings (SSSR count). The summed E-state index contributed by atoms with van der Waals surface area (Å²) in [5.74, 6) is 0.310. The number of urea groups is 1. The van der Waals surface area contributed by atoms with Crippen molar-refractivity contribution >= 4 is 28.5 Å². The van der Waals surface area contributed by atoms with Crippen LogP contribution in [-0.4, -0.2) is 58.4 Å². The van der Waals surface area contributed by atoms with Crippen molar-refractivity contribution in [2.24, 2.45) is 5.92 Å². The smallest absolute Gasteiger partial charge is 0.327 e. The van der Waals surface area contributed by atoms with Gasteiger partial charge in [0.1, 0.15) is 5.54 Å². The second kappa shape index (κ2) is 7.56. The van der Waals surface area contributed by atoms with Crippen LogP contribution >= 0.6 is 0 Å². The minimum absolute atomic E-state index is 0.0124. The number of nitrogens with zero attached hydrogens (tertiary/aromatic N) is 4. The van der Waals surface area contributed by atoms with Gasteiger partial charge in [-0.15, -0.1) is 0 Å². The van der Waals surface area contributed by atoms with E-state index in [2.05, 4.69) is 55.8 Å². The highest BCUT2D eigenvalue weighted by Gasteiger charge is 2.57. The van der Waals surface area contributed by atoms with Crippen LogP contribution in [0, 0.1) is 19.8 Å². The van der Waals surface area contributed by atoms with Crippen LogP contribution in [-0.2, 0) is 4.79 Å². The highest BCUT2D eigenvalue weighted by Crippen LogP contribution is 2.40. The molecule has 2 fully saturated rings. The van der Waals surface area contributed by atoms with Crippen molar-refractivity contribution in [2.75, 3.05) is 31.1 Å². The molecule has 0 bridgehead atoms. The molecule has 2 aromatic rings. The zero-order valence-corrected chi connectivity index (χ0v) is 18.7. The number of rotatable bonds is 4. The van der Waals surface area contributed by atoms with Crippen LogP contribution in [0.5, 0.6) is 0 Å². The first-order chi connectivity index (χ1) is 14.3. The van der Waals surface area contributed by atoms with Crippen LogP contribution in [0.3, 0.4) is 0 Å². The van der Waals surface area contributed by atoms with E-state index in [1.165, 1.54) is 21.7 Å². The Bertz CT molecular complexity index is 992. The summed E-state index contributed by atoms with van der Waals surface area (Å²) in [5, 5.41) is 1.16. The van der Waals surface area contributed by atoms with Gasteiger partial charge in [0.15, 0.2) is 0 Å². The predicted octanol–water partition coefficient (Wildman–Crippen LogP) is 4.13. The fourth-order valence-electron chi connectivity index (χ4n) is 5.16. The third-order valence-corrected chi connectivity index (χ3v) is 6.57. The number of pyridine rings is 1. The molecule has 2 aliphatic heterocycles. The van der Waals surface area contributed by atoms with Gasteiger partial charge in [-0.25, -0.2) is 4.79 Å². The lowest BCUT2D eigenvalue weighted by atomic mass is 9.85. The number of aryl methyl sites for hydroxylation is 2. The number of anilines is 1. The molecule has 30 heavy (non-hydrogen) atoms. The van der Waals surface area contributed by atoms with Gasteiger partial charge >= 0.3 is 6.03 Å². The summed E-state index contributed by atoms with van der Waals surface area (Å²) in [5.41, 5.74) is 3.91. The second-order valence-electron chi connectivity index (χ2n) is 9.16. The highest BCUT2D eigenvalue weighted by molar-refractivity contribution is 6.07. The number of hydrogen-bond donors (Lipinski definition) is 0. The van der Waals surface area contributed by atoms with E-state index in [1.54, 1.807) is 0 Å². The summed E-state index contributed by atoms with van der Waals surface area (Å²) in [6.45, 7) is 12.8. The van der Waals surface area contributed by atoms with E-state index in [1.807, 2.05) is 18.0 Å². The molecule has 160 valence electrons. The van der Waals surface area contributed by atoms with Gasteiger partial charge in [-0.05, 0) is 57.2 Å². The molecule has 3 amide bonds. The van der Waals surface area contributed by atoms with Crippen molar-refractivity contribution in [3.05, 3.63) is 35.5 Å². The molecular formula is C24H32N4O2. The molecule has 1 spiro atoms. The summed E-state index contributed by atoms with van der Waals surface area (Å²) in [6.07, 6.45) is 3.20. The van der Waals surface area contributed by atoms with Gasteiger partial charge in [0, 0.05) is 43.4 Å². The number of aromatic nitrogens is 1. The number of imide groups is 1. The van der Waals surface area contributed by atoms with E-state index in [0.717, 1.165) is 24.0 Å². The Morgan fingerprint density at radius 1 is 1.13 bits per heavy atom. The molecule has 2 saturated heterocycles. The third kappa shape index (κ3) is 3.13. The second-order valence-corrected chi connectivity index (χ2v) is 9.16. The molecule has 0 aliphatic carbocycles. The minimum Gasteiger partial charge on any atom is -0.371 e. The molecule has 6 nitrogen and oxygen atoms in total. The molecule has 6 heteroatoms. The Hall–Kier alpha value is -2.63. The van der Waals surface area contributed by atoms with E-state index in [0.29, 0.717) is 31.8 Å². The summed E-state index contributed by atoms with van der Waals surface area (Å²) < 4.78 is 0. The Labute approximate surface area is 178 Å². The van der Waals surface area contributed by atoms with Crippen molar-refractivity contribution in [2.45, 2.75) is 53.0 Å². The number of amides is 3. The number of hydrogen-bond acceptors (Lipinski definition) is 4. The van der Waals surface area contributed by atoms with Crippen molar-refractivity contribution in [1.82, 2.24) is 14.8 Å². The maximum absolute atomic E-state index is 13.3. The molecule has 0 saturated carbocycles. The molecule has 3 heterocycles. The topological polar surface area (TPSA) is 56.8 Å².